The molecule has 2 aromatic rings. The number of benzene rings is 2. The Morgan fingerprint density at radius 1 is 1.00 bits per heavy atom. The van der Waals surface area contributed by atoms with Crippen molar-refractivity contribution in [2.45, 2.75) is 24.9 Å². The van der Waals surface area contributed by atoms with Gasteiger partial charge in [0.25, 0.3) is 0 Å². The van der Waals surface area contributed by atoms with Gasteiger partial charge in [-0.15, -0.1) is 0 Å². The first kappa shape index (κ1) is 18.5. The Balaban J connectivity index is 1.41. The highest BCUT2D eigenvalue weighted by molar-refractivity contribution is 6.31. The topological polar surface area (TPSA) is 35.5 Å². The summed E-state index contributed by atoms with van der Waals surface area (Å²) in [6.45, 7) is 3.77. The molecule has 0 aromatic heterocycles. The van der Waals surface area contributed by atoms with Crippen molar-refractivity contribution in [1.82, 2.24) is 4.90 Å². The normalized spacial score (nSPS) is 17.4. The largest absolute Gasteiger partial charge is 0.385 e. The molecule has 1 heterocycles. The summed E-state index contributed by atoms with van der Waals surface area (Å²) in [6, 6.07) is 15.4. The van der Waals surface area contributed by atoms with Crippen LogP contribution in [0.15, 0.2) is 48.5 Å². The maximum atomic E-state index is 10.9. The van der Waals surface area contributed by atoms with Gasteiger partial charge < -0.3 is 15.3 Å². The molecule has 2 aromatic carbocycles. The van der Waals surface area contributed by atoms with Gasteiger partial charge in [-0.3, -0.25) is 0 Å². The minimum Gasteiger partial charge on any atom is -0.385 e. The molecule has 1 aliphatic rings. The summed E-state index contributed by atoms with van der Waals surface area (Å²) in [5, 5.41) is 15.8. The zero-order valence-electron chi connectivity index (χ0n) is 14.2. The zero-order chi connectivity index (χ0) is 17.7. The zero-order valence-corrected chi connectivity index (χ0v) is 15.7. The van der Waals surface area contributed by atoms with Crippen molar-refractivity contribution in [3.63, 3.8) is 0 Å². The number of likely N-dealkylation sites (tertiary alicyclic amines) is 1. The second-order valence-electron chi connectivity index (χ2n) is 6.67. The molecule has 3 nitrogen and oxygen atoms in total. The number of halogens is 2. The molecule has 0 radical (unpaired) electrons. The van der Waals surface area contributed by atoms with E-state index in [2.05, 4.69) is 10.2 Å². The molecule has 0 bridgehead atoms. The van der Waals surface area contributed by atoms with Gasteiger partial charge in [-0.2, -0.15) is 0 Å². The minimum absolute atomic E-state index is 0.706. The molecule has 0 amide bonds. The van der Waals surface area contributed by atoms with Crippen LogP contribution in [0.2, 0.25) is 10.0 Å². The van der Waals surface area contributed by atoms with E-state index in [1.165, 1.54) is 0 Å². The summed E-state index contributed by atoms with van der Waals surface area (Å²) in [7, 11) is 0. The molecule has 5 heteroatoms. The average Bonchev–Trinajstić information content (AvgIpc) is 2.61. The molecule has 3 rings (SSSR count). The summed E-state index contributed by atoms with van der Waals surface area (Å²) in [5.74, 6) is 0. The Bertz CT molecular complexity index is 682. The van der Waals surface area contributed by atoms with Crippen LogP contribution >= 0.6 is 23.2 Å². The molecular formula is C20H24Cl2N2O. The second-order valence-corrected chi connectivity index (χ2v) is 7.54. The Hall–Kier alpha value is -1.26. The lowest BCUT2D eigenvalue weighted by Crippen LogP contribution is -2.43. The quantitative estimate of drug-likeness (QED) is 0.709. The third kappa shape index (κ3) is 5.11. The lowest BCUT2D eigenvalue weighted by Gasteiger charge is -2.38. The van der Waals surface area contributed by atoms with Gasteiger partial charge in [-0.25, -0.2) is 0 Å². The van der Waals surface area contributed by atoms with Gasteiger partial charge >= 0.3 is 0 Å². The van der Waals surface area contributed by atoms with E-state index in [1.807, 2.05) is 48.5 Å². The molecule has 1 saturated heterocycles. The average molecular weight is 379 g/mol. The molecule has 0 aliphatic carbocycles. The predicted octanol–water partition coefficient (Wildman–Crippen LogP) is 4.78. The maximum Gasteiger partial charge on any atom is 0.0920 e. The van der Waals surface area contributed by atoms with E-state index < -0.39 is 5.60 Å². The second kappa shape index (κ2) is 8.41. The number of aliphatic hydroxyl groups is 1. The first-order valence-corrected chi connectivity index (χ1v) is 9.51. The monoisotopic (exact) mass is 378 g/mol. The third-order valence-corrected chi connectivity index (χ3v) is 5.36. The van der Waals surface area contributed by atoms with Crippen molar-refractivity contribution in [3.8, 4) is 0 Å². The van der Waals surface area contributed by atoms with Crippen molar-refractivity contribution >= 4 is 28.9 Å². The molecule has 2 N–H and O–H groups in total. The molecule has 0 saturated carbocycles. The Kier molecular flexibility index (Phi) is 6.24. The van der Waals surface area contributed by atoms with Gasteiger partial charge in [0.2, 0.25) is 0 Å². The van der Waals surface area contributed by atoms with Gasteiger partial charge in [-0.05, 0) is 61.7 Å². The highest BCUT2D eigenvalue weighted by Gasteiger charge is 2.33. The molecule has 1 aliphatic heterocycles. The van der Waals surface area contributed by atoms with Crippen LogP contribution in [0.3, 0.4) is 0 Å². The van der Waals surface area contributed by atoms with Crippen LogP contribution in [0.25, 0.3) is 0 Å². The number of rotatable bonds is 6. The standard InChI is InChI=1S/C20H24Cl2N2O/c21-17-7-5-16(6-8-17)20(25)9-13-24(14-10-20)12-2-11-23-19-4-1-3-18(22)15-19/h1,3-8,15,23,25H,2,9-14H2. The van der Waals surface area contributed by atoms with Crippen molar-refractivity contribution < 1.29 is 5.11 Å². The third-order valence-electron chi connectivity index (χ3n) is 4.87. The summed E-state index contributed by atoms with van der Waals surface area (Å²) >= 11 is 11.9. The van der Waals surface area contributed by atoms with Gasteiger partial charge in [0.05, 0.1) is 5.60 Å². The van der Waals surface area contributed by atoms with Crippen LogP contribution in [0.1, 0.15) is 24.8 Å². The molecule has 0 atom stereocenters. The highest BCUT2D eigenvalue weighted by atomic mass is 35.5. The summed E-state index contributed by atoms with van der Waals surface area (Å²) in [6.07, 6.45) is 2.58. The fourth-order valence-electron chi connectivity index (χ4n) is 3.33. The van der Waals surface area contributed by atoms with E-state index in [4.69, 9.17) is 23.2 Å². The summed E-state index contributed by atoms with van der Waals surface area (Å²) < 4.78 is 0. The van der Waals surface area contributed by atoms with Crippen LogP contribution in [0.5, 0.6) is 0 Å². The van der Waals surface area contributed by atoms with Gasteiger partial charge in [-0.1, -0.05) is 41.4 Å². The molecule has 1 fully saturated rings. The van der Waals surface area contributed by atoms with E-state index in [9.17, 15) is 5.11 Å². The molecule has 0 spiro atoms. The maximum absolute atomic E-state index is 10.9. The van der Waals surface area contributed by atoms with E-state index >= 15 is 0 Å². The Morgan fingerprint density at radius 3 is 2.40 bits per heavy atom. The number of nitrogens with zero attached hydrogens (tertiary/aromatic N) is 1. The predicted molar refractivity (Wildman–Crippen MR) is 106 cm³/mol. The molecular weight excluding hydrogens is 355 g/mol. The van der Waals surface area contributed by atoms with Gasteiger partial charge in [0.15, 0.2) is 0 Å². The lowest BCUT2D eigenvalue weighted by atomic mass is 9.84. The van der Waals surface area contributed by atoms with E-state index in [1.54, 1.807) is 0 Å². The molecule has 25 heavy (non-hydrogen) atoms. The number of hydrogen-bond acceptors (Lipinski definition) is 3. The SMILES string of the molecule is OC1(c2ccc(Cl)cc2)CCN(CCCNc2cccc(Cl)c2)CC1. The van der Waals surface area contributed by atoms with Crippen LogP contribution in [-0.4, -0.2) is 36.2 Å². The van der Waals surface area contributed by atoms with Crippen LogP contribution in [0.4, 0.5) is 5.69 Å². The van der Waals surface area contributed by atoms with E-state index in [-0.39, 0.29) is 0 Å². The number of hydrogen-bond donors (Lipinski definition) is 2. The smallest absolute Gasteiger partial charge is 0.0920 e. The fraction of sp³-hybridized carbons (Fsp3) is 0.400. The van der Waals surface area contributed by atoms with Crippen molar-refractivity contribution in [1.29, 1.82) is 0 Å². The lowest BCUT2D eigenvalue weighted by molar-refractivity contribution is -0.0258. The van der Waals surface area contributed by atoms with Crippen molar-refractivity contribution in [2.75, 3.05) is 31.5 Å². The Labute approximate surface area is 159 Å². The molecule has 0 unspecified atom stereocenters. The van der Waals surface area contributed by atoms with Crippen LogP contribution in [-0.2, 0) is 5.60 Å². The van der Waals surface area contributed by atoms with Gasteiger partial charge in [0, 0.05) is 35.4 Å². The Morgan fingerprint density at radius 2 is 1.72 bits per heavy atom. The summed E-state index contributed by atoms with van der Waals surface area (Å²) in [4.78, 5) is 2.42. The summed E-state index contributed by atoms with van der Waals surface area (Å²) in [5.41, 5.74) is 1.31. The van der Waals surface area contributed by atoms with Gasteiger partial charge in [0.1, 0.15) is 0 Å². The number of piperidine rings is 1. The van der Waals surface area contributed by atoms with Crippen LogP contribution < -0.4 is 5.32 Å². The fourth-order valence-corrected chi connectivity index (χ4v) is 3.65. The number of anilines is 1. The van der Waals surface area contributed by atoms with Crippen LogP contribution in [0, 0.1) is 0 Å². The number of nitrogens with one attached hydrogen (secondary N) is 1. The minimum atomic E-state index is -0.722. The van der Waals surface area contributed by atoms with E-state index in [0.29, 0.717) is 5.02 Å². The molecule has 134 valence electrons. The first-order chi connectivity index (χ1) is 12.0. The van der Waals surface area contributed by atoms with Crippen molar-refractivity contribution in [2.24, 2.45) is 0 Å². The first-order valence-electron chi connectivity index (χ1n) is 8.75. The van der Waals surface area contributed by atoms with E-state index in [0.717, 1.165) is 61.7 Å². The van der Waals surface area contributed by atoms with Crippen molar-refractivity contribution in [3.05, 3.63) is 64.1 Å². The highest BCUT2D eigenvalue weighted by Crippen LogP contribution is 2.33.